The van der Waals surface area contributed by atoms with Gasteiger partial charge in [-0.15, -0.1) is 0 Å². The van der Waals surface area contributed by atoms with Gasteiger partial charge in [-0.1, -0.05) is 0 Å². The molecular formula is C9H14N4O2S. The van der Waals surface area contributed by atoms with E-state index in [-0.39, 0.29) is 5.90 Å². The maximum absolute atomic E-state index is 7.66. The molecule has 2 rings (SSSR count). The lowest BCUT2D eigenvalue weighted by Gasteiger charge is -2.27. The Morgan fingerprint density at radius 3 is 2.88 bits per heavy atom. The van der Waals surface area contributed by atoms with Crippen LogP contribution in [0.15, 0.2) is 0 Å². The molecule has 0 aromatic carbocycles. The van der Waals surface area contributed by atoms with Crippen LogP contribution in [-0.4, -0.2) is 36.6 Å². The van der Waals surface area contributed by atoms with E-state index in [1.807, 2.05) is 6.92 Å². The smallest absolute Gasteiger partial charge is 0.242 e. The fourth-order valence-corrected chi connectivity index (χ4v) is 2.60. The topological polar surface area (TPSA) is 84.5 Å². The number of aromatic nitrogens is 1. The molecule has 0 saturated carbocycles. The number of ether oxygens (including phenoxy) is 1. The third-order valence-corrected chi connectivity index (χ3v) is 3.49. The van der Waals surface area contributed by atoms with Crippen molar-refractivity contribution in [3.8, 4) is 0 Å². The second kappa shape index (κ2) is 4.77. The Balaban J connectivity index is 2.29. The maximum atomic E-state index is 7.66. The molecule has 0 aliphatic carbocycles. The lowest BCUT2D eigenvalue weighted by molar-refractivity contribution is 0.123. The number of hydrogen-bond donors (Lipinski definition) is 2. The average molecular weight is 242 g/mol. The van der Waals surface area contributed by atoms with Crippen LogP contribution in [0.5, 0.6) is 0 Å². The molecule has 3 N–H and O–H groups in total. The van der Waals surface area contributed by atoms with Crippen molar-refractivity contribution in [2.24, 2.45) is 5.90 Å². The van der Waals surface area contributed by atoms with Crippen LogP contribution in [0.1, 0.15) is 11.3 Å². The van der Waals surface area contributed by atoms with Gasteiger partial charge in [0.1, 0.15) is 5.00 Å². The lowest BCUT2D eigenvalue weighted by atomic mass is 10.2. The first-order valence-corrected chi connectivity index (χ1v) is 5.76. The van der Waals surface area contributed by atoms with Gasteiger partial charge >= 0.3 is 0 Å². The van der Waals surface area contributed by atoms with E-state index in [9.17, 15) is 0 Å². The molecule has 0 unspecified atom stereocenters. The summed E-state index contributed by atoms with van der Waals surface area (Å²) in [7, 11) is 0. The predicted molar refractivity (Wildman–Crippen MR) is 62.0 cm³/mol. The minimum absolute atomic E-state index is 0.0345. The van der Waals surface area contributed by atoms with Gasteiger partial charge in [0.05, 0.1) is 24.5 Å². The summed E-state index contributed by atoms with van der Waals surface area (Å²) in [6.07, 6.45) is 0. The highest BCUT2D eigenvalue weighted by Crippen LogP contribution is 2.29. The number of hydrogen-bond acceptors (Lipinski definition) is 7. The largest absolute Gasteiger partial charge is 0.391 e. The number of morpholine rings is 1. The molecule has 1 saturated heterocycles. The third-order valence-electron chi connectivity index (χ3n) is 2.49. The predicted octanol–water partition coefficient (Wildman–Crippen LogP) is 0.504. The number of nitrogens with zero attached hydrogens (tertiary/aromatic N) is 2. The fraction of sp³-hybridized carbons (Fsp3) is 0.556. The Morgan fingerprint density at radius 1 is 1.56 bits per heavy atom. The van der Waals surface area contributed by atoms with Gasteiger partial charge in [0.15, 0.2) is 0 Å². The molecular weight excluding hydrogens is 228 g/mol. The molecule has 0 spiro atoms. The van der Waals surface area contributed by atoms with Crippen LogP contribution in [0, 0.1) is 12.3 Å². The van der Waals surface area contributed by atoms with Crippen molar-refractivity contribution in [2.45, 2.75) is 6.92 Å². The van der Waals surface area contributed by atoms with Gasteiger partial charge < -0.3 is 14.5 Å². The van der Waals surface area contributed by atoms with Crippen molar-refractivity contribution in [2.75, 3.05) is 31.2 Å². The summed E-state index contributed by atoms with van der Waals surface area (Å²) in [6.45, 7) is 4.88. The van der Waals surface area contributed by atoms with E-state index in [0.717, 1.165) is 23.8 Å². The van der Waals surface area contributed by atoms with E-state index < -0.39 is 0 Å². The first kappa shape index (κ1) is 11.3. The first-order valence-electron chi connectivity index (χ1n) is 4.98. The minimum Gasteiger partial charge on any atom is -0.391 e. The van der Waals surface area contributed by atoms with Gasteiger partial charge in [-0.3, -0.25) is 5.41 Å². The zero-order valence-electron chi connectivity index (χ0n) is 9.02. The first-order chi connectivity index (χ1) is 7.74. The Labute approximate surface area is 97.6 Å². The maximum Gasteiger partial charge on any atom is 0.242 e. The van der Waals surface area contributed by atoms with Crippen LogP contribution in [0.3, 0.4) is 0 Å². The summed E-state index contributed by atoms with van der Waals surface area (Å²) >= 11 is 1.37. The van der Waals surface area contributed by atoms with E-state index in [1.165, 1.54) is 11.5 Å². The molecule has 1 aromatic rings. The van der Waals surface area contributed by atoms with E-state index >= 15 is 0 Å². The molecule has 0 radical (unpaired) electrons. The van der Waals surface area contributed by atoms with E-state index in [2.05, 4.69) is 14.1 Å². The summed E-state index contributed by atoms with van der Waals surface area (Å²) in [5.74, 6) is 5.01. The second-order valence-electron chi connectivity index (χ2n) is 3.49. The van der Waals surface area contributed by atoms with Crippen molar-refractivity contribution in [1.29, 1.82) is 5.41 Å². The van der Waals surface area contributed by atoms with E-state index in [0.29, 0.717) is 18.8 Å². The summed E-state index contributed by atoms with van der Waals surface area (Å²) in [6, 6.07) is 0. The molecule has 1 aliphatic rings. The highest BCUT2D eigenvalue weighted by atomic mass is 32.1. The highest BCUT2D eigenvalue weighted by Gasteiger charge is 2.22. The minimum atomic E-state index is -0.0345. The molecule has 6 nitrogen and oxygen atoms in total. The highest BCUT2D eigenvalue weighted by molar-refractivity contribution is 7.10. The molecule has 1 aromatic heterocycles. The van der Waals surface area contributed by atoms with Crippen LogP contribution in [0.4, 0.5) is 5.00 Å². The molecule has 0 amide bonds. The van der Waals surface area contributed by atoms with Crippen LogP contribution in [-0.2, 0) is 9.57 Å². The zero-order chi connectivity index (χ0) is 11.5. The molecule has 1 fully saturated rings. The molecule has 16 heavy (non-hydrogen) atoms. The standard InChI is InChI=1S/C9H14N4O2S/c1-6-7(8(10)15-11)9(16-12-6)13-2-4-14-5-3-13/h10H,2-5,11H2,1H3. The van der Waals surface area contributed by atoms with Gasteiger partial charge in [-0.05, 0) is 18.5 Å². The Kier molecular flexibility index (Phi) is 3.37. The molecule has 1 aliphatic heterocycles. The molecule has 88 valence electrons. The summed E-state index contributed by atoms with van der Waals surface area (Å²) in [5, 5.41) is 8.60. The van der Waals surface area contributed by atoms with Crippen LogP contribution >= 0.6 is 11.5 Å². The summed E-state index contributed by atoms with van der Waals surface area (Å²) in [4.78, 5) is 6.65. The van der Waals surface area contributed by atoms with Gasteiger partial charge in [0.25, 0.3) is 0 Å². The monoisotopic (exact) mass is 242 g/mol. The molecule has 0 atom stereocenters. The van der Waals surface area contributed by atoms with Crippen molar-refractivity contribution in [3.63, 3.8) is 0 Å². The number of nitrogens with one attached hydrogen (secondary N) is 1. The average Bonchev–Trinajstić information content (AvgIpc) is 2.71. The molecule has 7 heteroatoms. The zero-order valence-corrected chi connectivity index (χ0v) is 9.84. The normalized spacial score (nSPS) is 16.2. The van der Waals surface area contributed by atoms with Gasteiger partial charge in [0.2, 0.25) is 5.90 Å². The Morgan fingerprint density at radius 2 is 2.25 bits per heavy atom. The summed E-state index contributed by atoms with van der Waals surface area (Å²) < 4.78 is 9.53. The third kappa shape index (κ3) is 2.01. The van der Waals surface area contributed by atoms with Crippen molar-refractivity contribution in [3.05, 3.63) is 11.3 Å². The van der Waals surface area contributed by atoms with Crippen molar-refractivity contribution < 1.29 is 9.57 Å². The Hall–Kier alpha value is -1.18. The lowest BCUT2D eigenvalue weighted by Crippen LogP contribution is -2.36. The number of aryl methyl sites for hydroxylation is 1. The fourth-order valence-electron chi connectivity index (χ4n) is 1.66. The number of anilines is 1. The van der Waals surface area contributed by atoms with Crippen LogP contribution < -0.4 is 10.8 Å². The quantitative estimate of drug-likeness (QED) is 0.448. The summed E-state index contributed by atoms with van der Waals surface area (Å²) in [5.41, 5.74) is 1.47. The molecule has 2 heterocycles. The Bertz CT molecular complexity index is 387. The van der Waals surface area contributed by atoms with Gasteiger partial charge in [0, 0.05) is 13.1 Å². The van der Waals surface area contributed by atoms with Crippen molar-refractivity contribution in [1.82, 2.24) is 4.37 Å². The van der Waals surface area contributed by atoms with Crippen molar-refractivity contribution >= 4 is 22.4 Å². The van der Waals surface area contributed by atoms with Crippen LogP contribution in [0.2, 0.25) is 0 Å². The number of rotatable bonds is 2. The number of nitrogens with two attached hydrogens (primary N) is 1. The van der Waals surface area contributed by atoms with E-state index in [4.69, 9.17) is 16.0 Å². The SMILES string of the molecule is Cc1nsc(N2CCOCC2)c1C(=N)ON. The second-order valence-corrected chi connectivity index (χ2v) is 4.25. The van der Waals surface area contributed by atoms with Gasteiger partial charge in [-0.2, -0.15) is 10.3 Å². The van der Waals surface area contributed by atoms with Gasteiger partial charge in [-0.25, -0.2) is 0 Å². The molecule has 0 bridgehead atoms. The van der Waals surface area contributed by atoms with Crippen LogP contribution in [0.25, 0.3) is 0 Å². The van der Waals surface area contributed by atoms with E-state index in [1.54, 1.807) is 0 Å².